The highest BCUT2D eigenvalue weighted by atomic mass is 32.1. The number of carbonyl (C=O) groups excluding carboxylic acids is 2. The van der Waals surface area contributed by atoms with Gasteiger partial charge in [-0.15, -0.1) is 10.2 Å². The van der Waals surface area contributed by atoms with Crippen molar-refractivity contribution >= 4 is 28.8 Å². The Labute approximate surface area is 168 Å². The molecule has 1 atom stereocenters. The standard InChI is InChI=1S/C20H25FN4O2S/c1-3-13(4-2)20(27)25-11-5-6-14(12-25)18-23-24-19(28-18)17(26)22-16-9-7-15(21)8-10-16/h7-10,13-14H,3-6,11-12H2,1-2H3,(H,22,26)/t14-/m0/s1. The van der Waals surface area contributed by atoms with E-state index in [2.05, 4.69) is 15.5 Å². The van der Waals surface area contributed by atoms with Gasteiger partial charge in [0.15, 0.2) is 0 Å². The monoisotopic (exact) mass is 404 g/mol. The minimum absolute atomic E-state index is 0.0743. The molecule has 1 saturated heterocycles. The third-order valence-corrected chi connectivity index (χ3v) is 6.24. The number of nitrogens with zero attached hydrogens (tertiary/aromatic N) is 3. The number of amides is 2. The summed E-state index contributed by atoms with van der Waals surface area (Å²) in [6.45, 7) is 5.50. The van der Waals surface area contributed by atoms with Crippen molar-refractivity contribution in [3.63, 3.8) is 0 Å². The van der Waals surface area contributed by atoms with Gasteiger partial charge in [0.05, 0.1) is 0 Å². The highest BCUT2D eigenvalue weighted by Gasteiger charge is 2.30. The summed E-state index contributed by atoms with van der Waals surface area (Å²) in [5.74, 6) is -0.326. The van der Waals surface area contributed by atoms with Gasteiger partial charge < -0.3 is 10.2 Å². The van der Waals surface area contributed by atoms with Crippen LogP contribution in [0.25, 0.3) is 0 Å². The van der Waals surface area contributed by atoms with E-state index in [9.17, 15) is 14.0 Å². The highest BCUT2D eigenvalue weighted by molar-refractivity contribution is 7.13. The molecule has 1 aliphatic heterocycles. The van der Waals surface area contributed by atoms with E-state index in [0.717, 1.165) is 37.2 Å². The van der Waals surface area contributed by atoms with Crippen LogP contribution < -0.4 is 5.32 Å². The van der Waals surface area contributed by atoms with E-state index >= 15 is 0 Å². The molecule has 2 aromatic rings. The maximum absolute atomic E-state index is 13.0. The second kappa shape index (κ2) is 9.23. The minimum Gasteiger partial charge on any atom is -0.342 e. The Morgan fingerprint density at radius 1 is 1.25 bits per heavy atom. The Kier molecular flexibility index (Phi) is 6.72. The summed E-state index contributed by atoms with van der Waals surface area (Å²) in [6, 6.07) is 5.57. The molecular formula is C20H25FN4O2S. The summed E-state index contributed by atoms with van der Waals surface area (Å²) in [4.78, 5) is 27.0. The van der Waals surface area contributed by atoms with Crippen LogP contribution in [0, 0.1) is 11.7 Å². The van der Waals surface area contributed by atoms with Crippen LogP contribution in [0.1, 0.15) is 60.3 Å². The van der Waals surface area contributed by atoms with Crippen molar-refractivity contribution in [2.24, 2.45) is 5.92 Å². The molecule has 0 spiro atoms. The maximum atomic E-state index is 13.0. The molecule has 6 nitrogen and oxygen atoms in total. The lowest BCUT2D eigenvalue weighted by Crippen LogP contribution is -2.42. The van der Waals surface area contributed by atoms with E-state index in [1.54, 1.807) is 0 Å². The Morgan fingerprint density at radius 3 is 2.64 bits per heavy atom. The van der Waals surface area contributed by atoms with E-state index in [4.69, 9.17) is 0 Å². The van der Waals surface area contributed by atoms with Gasteiger partial charge in [0, 0.05) is 30.6 Å². The Morgan fingerprint density at radius 2 is 1.96 bits per heavy atom. The van der Waals surface area contributed by atoms with E-state index in [-0.39, 0.29) is 34.5 Å². The van der Waals surface area contributed by atoms with E-state index in [0.29, 0.717) is 12.2 Å². The molecule has 3 rings (SSSR count). The number of anilines is 1. The molecular weight excluding hydrogens is 379 g/mol. The normalized spacial score (nSPS) is 17.0. The average molecular weight is 405 g/mol. The number of benzene rings is 1. The van der Waals surface area contributed by atoms with Gasteiger partial charge in [-0.3, -0.25) is 9.59 Å². The van der Waals surface area contributed by atoms with Crippen LogP contribution in [-0.4, -0.2) is 40.0 Å². The smallest absolute Gasteiger partial charge is 0.286 e. The lowest BCUT2D eigenvalue weighted by molar-refractivity contribution is -0.137. The molecule has 0 radical (unpaired) electrons. The first-order valence-electron chi connectivity index (χ1n) is 9.70. The molecule has 2 amide bonds. The summed E-state index contributed by atoms with van der Waals surface area (Å²) < 4.78 is 13.0. The molecule has 0 saturated carbocycles. The molecule has 1 N–H and O–H groups in total. The molecule has 2 heterocycles. The van der Waals surface area contributed by atoms with E-state index < -0.39 is 0 Å². The number of piperidine rings is 1. The zero-order chi connectivity index (χ0) is 20.1. The van der Waals surface area contributed by atoms with Crippen LogP contribution in [0.2, 0.25) is 0 Å². The van der Waals surface area contributed by atoms with Gasteiger partial charge in [-0.2, -0.15) is 0 Å². The summed E-state index contributed by atoms with van der Waals surface area (Å²) in [6.07, 6.45) is 3.56. The molecule has 1 aliphatic rings. The number of hydrogen-bond donors (Lipinski definition) is 1. The van der Waals surface area contributed by atoms with Crippen molar-refractivity contribution < 1.29 is 14.0 Å². The van der Waals surface area contributed by atoms with Crippen LogP contribution >= 0.6 is 11.3 Å². The number of carbonyl (C=O) groups is 2. The van der Waals surface area contributed by atoms with Crippen LogP contribution in [0.15, 0.2) is 24.3 Å². The molecule has 1 fully saturated rings. The second-order valence-electron chi connectivity index (χ2n) is 7.04. The quantitative estimate of drug-likeness (QED) is 0.787. The first-order chi connectivity index (χ1) is 13.5. The SMILES string of the molecule is CCC(CC)C(=O)N1CCC[C@H](c2nnc(C(=O)Nc3ccc(F)cc3)s2)C1. The molecule has 0 aliphatic carbocycles. The zero-order valence-corrected chi connectivity index (χ0v) is 17.0. The second-order valence-corrected chi connectivity index (χ2v) is 8.05. The maximum Gasteiger partial charge on any atom is 0.286 e. The first-order valence-corrected chi connectivity index (χ1v) is 10.5. The van der Waals surface area contributed by atoms with Crippen LogP contribution in [0.4, 0.5) is 10.1 Å². The predicted molar refractivity (Wildman–Crippen MR) is 107 cm³/mol. The number of halogens is 1. The average Bonchev–Trinajstić information content (AvgIpc) is 3.21. The van der Waals surface area contributed by atoms with Gasteiger partial charge in [0.2, 0.25) is 10.9 Å². The number of likely N-dealkylation sites (tertiary alicyclic amines) is 1. The molecule has 150 valence electrons. The summed E-state index contributed by atoms with van der Waals surface area (Å²) >= 11 is 1.26. The van der Waals surface area contributed by atoms with Gasteiger partial charge in [0.25, 0.3) is 5.91 Å². The fraction of sp³-hybridized carbons (Fsp3) is 0.500. The Hall–Kier alpha value is -2.35. The van der Waals surface area contributed by atoms with Gasteiger partial charge in [-0.05, 0) is 49.9 Å². The number of aromatic nitrogens is 2. The lowest BCUT2D eigenvalue weighted by atomic mass is 9.95. The topological polar surface area (TPSA) is 75.2 Å². The minimum atomic E-state index is -0.365. The molecule has 8 heteroatoms. The number of hydrogen-bond acceptors (Lipinski definition) is 5. The molecule has 1 aromatic carbocycles. The summed E-state index contributed by atoms with van der Waals surface area (Å²) in [7, 11) is 0. The van der Waals surface area contributed by atoms with Crippen LogP contribution in [0.5, 0.6) is 0 Å². The Bertz CT molecular complexity index is 820. The van der Waals surface area contributed by atoms with Crippen LogP contribution in [0.3, 0.4) is 0 Å². The fourth-order valence-electron chi connectivity index (χ4n) is 3.48. The molecule has 0 bridgehead atoms. The fourth-order valence-corrected chi connectivity index (χ4v) is 4.35. The predicted octanol–water partition coefficient (Wildman–Crippen LogP) is 4.07. The van der Waals surface area contributed by atoms with Crippen molar-refractivity contribution in [1.82, 2.24) is 15.1 Å². The van der Waals surface area contributed by atoms with Crippen LogP contribution in [-0.2, 0) is 4.79 Å². The highest BCUT2D eigenvalue weighted by Crippen LogP contribution is 2.30. The van der Waals surface area contributed by atoms with Crippen molar-refractivity contribution in [2.75, 3.05) is 18.4 Å². The molecule has 28 heavy (non-hydrogen) atoms. The summed E-state index contributed by atoms with van der Waals surface area (Å²) in [5.41, 5.74) is 0.503. The van der Waals surface area contributed by atoms with Crippen molar-refractivity contribution in [3.05, 3.63) is 40.1 Å². The first kappa shape index (κ1) is 20.4. The van der Waals surface area contributed by atoms with E-state index in [1.165, 1.54) is 35.6 Å². The van der Waals surface area contributed by atoms with Crippen molar-refractivity contribution in [1.29, 1.82) is 0 Å². The summed E-state index contributed by atoms with van der Waals surface area (Å²) in [5, 5.41) is 12.0. The van der Waals surface area contributed by atoms with E-state index in [1.807, 2.05) is 18.7 Å². The van der Waals surface area contributed by atoms with Crippen molar-refractivity contribution in [2.45, 2.75) is 45.4 Å². The zero-order valence-electron chi connectivity index (χ0n) is 16.2. The van der Waals surface area contributed by atoms with Gasteiger partial charge in [-0.25, -0.2) is 4.39 Å². The largest absolute Gasteiger partial charge is 0.342 e. The third-order valence-electron chi connectivity index (χ3n) is 5.15. The Balaban J connectivity index is 1.64. The van der Waals surface area contributed by atoms with Crippen molar-refractivity contribution in [3.8, 4) is 0 Å². The third kappa shape index (κ3) is 4.73. The van der Waals surface area contributed by atoms with Gasteiger partial charge >= 0.3 is 0 Å². The number of rotatable bonds is 6. The molecule has 0 unspecified atom stereocenters. The van der Waals surface area contributed by atoms with Gasteiger partial charge in [0.1, 0.15) is 10.8 Å². The lowest BCUT2D eigenvalue weighted by Gasteiger charge is -2.33. The number of nitrogens with one attached hydrogen (secondary N) is 1. The van der Waals surface area contributed by atoms with Gasteiger partial charge in [-0.1, -0.05) is 25.2 Å². The molecule has 1 aromatic heterocycles.